The van der Waals surface area contributed by atoms with Gasteiger partial charge in [0.2, 0.25) is 11.0 Å². The zero-order chi connectivity index (χ0) is 15.5. The zero-order valence-corrected chi connectivity index (χ0v) is 14.3. The number of carbonyl (C=O) groups excluding carboxylic acids is 1. The van der Waals surface area contributed by atoms with E-state index >= 15 is 0 Å². The Balaban J connectivity index is 1.56. The molecule has 0 saturated heterocycles. The molecule has 1 aliphatic rings. The normalized spacial score (nSPS) is 15.4. The summed E-state index contributed by atoms with van der Waals surface area (Å²) < 4.78 is 0.782. The molecular weight excluding hydrogens is 340 g/mol. The molecule has 2 N–H and O–H groups in total. The van der Waals surface area contributed by atoms with Gasteiger partial charge in [-0.25, -0.2) is 0 Å². The molecule has 0 spiro atoms. The third-order valence-corrected chi connectivity index (χ3v) is 5.46. The quantitative estimate of drug-likeness (QED) is 0.770. The lowest BCUT2D eigenvalue weighted by atomic mass is 10.3. The van der Waals surface area contributed by atoms with Gasteiger partial charge in [0.25, 0.3) is 0 Å². The molecule has 116 valence electrons. The predicted molar refractivity (Wildman–Crippen MR) is 92.0 cm³/mol. The van der Waals surface area contributed by atoms with Crippen molar-refractivity contribution < 1.29 is 4.79 Å². The van der Waals surface area contributed by atoms with Crippen molar-refractivity contribution in [3.63, 3.8) is 0 Å². The standard InChI is InChI=1S/C14H15ClN4OS2/c1-8(12(20)17-11-5-3-2-4-10(11)15)21-14-19-18-13(22-14)16-9-6-7-9/h2-5,8-9H,6-7H2,1H3,(H,16,18)(H,17,20). The molecule has 1 saturated carbocycles. The average Bonchev–Trinajstić information content (AvgIpc) is 3.20. The molecule has 1 amide bonds. The SMILES string of the molecule is CC(Sc1nnc(NC2CC2)s1)C(=O)Nc1ccccc1Cl. The number of nitrogens with one attached hydrogen (secondary N) is 2. The summed E-state index contributed by atoms with van der Waals surface area (Å²) in [5, 5.41) is 15.4. The molecule has 3 rings (SSSR count). The minimum Gasteiger partial charge on any atom is -0.357 e. The van der Waals surface area contributed by atoms with E-state index in [1.54, 1.807) is 12.1 Å². The highest BCUT2D eigenvalue weighted by atomic mass is 35.5. The summed E-state index contributed by atoms with van der Waals surface area (Å²) in [6.45, 7) is 1.84. The summed E-state index contributed by atoms with van der Waals surface area (Å²) in [5.41, 5.74) is 0.620. The fraction of sp³-hybridized carbons (Fsp3) is 0.357. The Bertz CT molecular complexity index is 674. The second-order valence-corrected chi connectivity index (χ2v) is 7.99. The van der Waals surface area contributed by atoms with Crippen LogP contribution >= 0.6 is 34.7 Å². The van der Waals surface area contributed by atoms with Gasteiger partial charge in [0, 0.05) is 6.04 Å². The number of hydrogen-bond acceptors (Lipinski definition) is 6. The Hall–Kier alpha value is -1.31. The molecule has 2 aromatic rings. The van der Waals surface area contributed by atoms with Gasteiger partial charge in [-0.15, -0.1) is 10.2 Å². The summed E-state index contributed by atoms with van der Waals surface area (Å²) in [6.07, 6.45) is 2.39. The van der Waals surface area contributed by atoms with Crippen LogP contribution in [0.3, 0.4) is 0 Å². The van der Waals surface area contributed by atoms with Gasteiger partial charge in [0.05, 0.1) is 16.0 Å². The van der Waals surface area contributed by atoms with Crippen molar-refractivity contribution in [2.24, 2.45) is 0 Å². The monoisotopic (exact) mass is 354 g/mol. The second-order valence-electron chi connectivity index (χ2n) is 5.02. The molecule has 5 nitrogen and oxygen atoms in total. The number of halogens is 1. The van der Waals surface area contributed by atoms with Crippen LogP contribution in [0.1, 0.15) is 19.8 Å². The minimum absolute atomic E-state index is 0.106. The van der Waals surface area contributed by atoms with E-state index in [-0.39, 0.29) is 11.2 Å². The summed E-state index contributed by atoms with van der Waals surface area (Å²) in [5.74, 6) is -0.106. The summed E-state index contributed by atoms with van der Waals surface area (Å²) in [7, 11) is 0. The molecule has 0 bridgehead atoms. The van der Waals surface area contributed by atoms with Crippen molar-refractivity contribution in [1.29, 1.82) is 0 Å². The number of amides is 1. The third kappa shape index (κ3) is 4.12. The van der Waals surface area contributed by atoms with Crippen molar-refractivity contribution in [2.45, 2.75) is 35.4 Å². The van der Waals surface area contributed by atoms with Crippen molar-refractivity contribution in [3.05, 3.63) is 29.3 Å². The van der Waals surface area contributed by atoms with Crippen molar-refractivity contribution in [1.82, 2.24) is 10.2 Å². The fourth-order valence-electron chi connectivity index (χ4n) is 1.72. The van der Waals surface area contributed by atoms with E-state index in [2.05, 4.69) is 20.8 Å². The van der Waals surface area contributed by atoms with Gasteiger partial charge in [-0.05, 0) is 31.9 Å². The first kappa shape index (κ1) is 15.6. The predicted octanol–water partition coefficient (Wildman–Crippen LogP) is 3.89. The summed E-state index contributed by atoms with van der Waals surface area (Å²) in [6, 6.07) is 7.73. The summed E-state index contributed by atoms with van der Waals surface area (Å²) in [4.78, 5) is 12.2. The molecule has 8 heteroatoms. The van der Waals surface area contributed by atoms with Gasteiger partial charge in [0.1, 0.15) is 0 Å². The van der Waals surface area contributed by atoms with Crippen LogP contribution in [0.15, 0.2) is 28.6 Å². The van der Waals surface area contributed by atoms with Gasteiger partial charge in [0.15, 0.2) is 4.34 Å². The second kappa shape index (κ2) is 6.85. The lowest BCUT2D eigenvalue weighted by Crippen LogP contribution is -2.22. The Labute approximate surface area is 141 Å². The molecule has 1 unspecified atom stereocenters. The average molecular weight is 355 g/mol. The van der Waals surface area contributed by atoms with E-state index in [4.69, 9.17) is 11.6 Å². The maximum Gasteiger partial charge on any atom is 0.237 e. The van der Waals surface area contributed by atoms with Crippen LogP contribution in [-0.4, -0.2) is 27.4 Å². The smallest absolute Gasteiger partial charge is 0.237 e. The van der Waals surface area contributed by atoms with Crippen molar-refractivity contribution in [3.8, 4) is 0 Å². The maximum atomic E-state index is 12.2. The lowest BCUT2D eigenvalue weighted by Gasteiger charge is -2.11. The van der Waals surface area contributed by atoms with Crippen molar-refractivity contribution in [2.75, 3.05) is 10.6 Å². The topological polar surface area (TPSA) is 66.9 Å². The number of nitrogens with zero attached hydrogens (tertiary/aromatic N) is 2. The molecule has 1 aliphatic carbocycles. The molecular formula is C14H15ClN4OS2. The molecule has 1 fully saturated rings. The number of anilines is 2. The number of hydrogen-bond donors (Lipinski definition) is 2. The Kier molecular flexibility index (Phi) is 4.85. The molecule has 1 heterocycles. The first-order valence-corrected chi connectivity index (χ1v) is 9.01. The van der Waals surface area contributed by atoms with Crippen molar-refractivity contribution >= 4 is 51.4 Å². The van der Waals surface area contributed by atoms with Gasteiger partial charge >= 0.3 is 0 Å². The highest BCUT2D eigenvalue weighted by Gasteiger charge is 2.23. The zero-order valence-electron chi connectivity index (χ0n) is 11.9. The Morgan fingerprint density at radius 1 is 1.41 bits per heavy atom. The summed E-state index contributed by atoms with van der Waals surface area (Å²) >= 11 is 8.92. The van der Waals surface area contributed by atoms with Gasteiger partial charge in [-0.2, -0.15) is 0 Å². The Morgan fingerprint density at radius 3 is 2.91 bits per heavy atom. The number of carbonyl (C=O) groups is 1. The maximum absolute atomic E-state index is 12.2. The fourth-order valence-corrected chi connectivity index (χ4v) is 3.88. The lowest BCUT2D eigenvalue weighted by molar-refractivity contribution is -0.115. The first-order valence-electron chi connectivity index (χ1n) is 6.94. The van der Waals surface area contributed by atoms with E-state index < -0.39 is 0 Å². The van der Waals surface area contributed by atoms with Crippen LogP contribution in [-0.2, 0) is 4.79 Å². The van der Waals surface area contributed by atoms with Crippen LogP contribution in [0.2, 0.25) is 5.02 Å². The Morgan fingerprint density at radius 2 is 2.18 bits per heavy atom. The van der Waals surface area contributed by atoms with Crippen LogP contribution in [0.25, 0.3) is 0 Å². The number of benzene rings is 1. The van der Waals surface area contributed by atoms with E-state index in [9.17, 15) is 4.79 Å². The van der Waals surface area contributed by atoms with Crippen LogP contribution in [0.4, 0.5) is 10.8 Å². The van der Waals surface area contributed by atoms with Crippen LogP contribution in [0.5, 0.6) is 0 Å². The number of para-hydroxylation sites is 1. The molecule has 0 radical (unpaired) electrons. The van der Waals surface area contributed by atoms with Crippen LogP contribution in [0, 0.1) is 0 Å². The van der Waals surface area contributed by atoms with E-state index in [0.717, 1.165) is 9.47 Å². The molecule has 22 heavy (non-hydrogen) atoms. The third-order valence-electron chi connectivity index (χ3n) is 3.09. The highest BCUT2D eigenvalue weighted by molar-refractivity contribution is 8.02. The first-order chi connectivity index (χ1) is 10.6. The van der Waals surface area contributed by atoms with Crippen LogP contribution < -0.4 is 10.6 Å². The number of aromatic nitrogens is 2. The molecule has 1 aromatic carbocycles. The van der Waals surface area contributed by atoms with Gasteiger partial charge in [-0.3, -0.25) is 4.79 Å². The van der Waals surface area contributed by atoms with E-state index in [1.165, 1.54) is 35.9 Å². The number of rotatable bonds is 6. The minimum atomic E-state index is -0.280. The molecule has 0 aliphatic heterocycles. The van der Waals surface area contributed by atoms with E-state index in [1.807, 2.05) is 19.1 Å². The van der Waals surface area contributed by atoms with E-state index in [0.29, 0.717) is 16.8 Å². The largest absolute Gasteiger partial charge is 0.357 e. The molecule has 1 atom stereocenters. The van der Waals surface area contributed by atoms with Gasteiger partial charge < -0.3 is 10.6 Å². The highest BCUT2D eigenvalue weighted by Crippen LogP contribution is 2.32. The molecule has 1 aromatic heterocycles. The number of thioether (sulfide) groups is 1. The van der Waals surface area contributed by atoms with Gasteiger partial charge in [-0.1, -0.05) is 46.8 Å².